The lowest BCUT2D eigenvalue weighted by Crippen LogP contribution is -2.18. The van der Waals surface area contributed by atoms with E-state index in [1.54, 1.807) is 0 Å². The van der Waals surface area contributed by atoms with Crippen LogP contribution in [-0.4, -0.2) is 25.0 Å². The van der Waals surface area contributed by atoms with Gasteiger partial charge in [0.15, 0.2) is 0 Å². The molecule has 0 bridgehead atoms. The summed E-state index contributed by atoms with van der Waals surface area (Å²) in [6.07, 6.45) is 1.77. The fraction of sp³-hybridized carbons (Fsp3) is 0.714. The smallest absolute Gasteiger partial charge is 0.243 e. The maximum absolute atomic E-state index is 10.2. The maximum Gasteiger partial charge on any atom is 0.243 e. The standard InChI is InChI=1S/C7H14N2O3/c8-6(10)3-1-2-4-12-5-7(9)11/h1-5H2,(H2,8,10)(H2,9,11). The molecule has 0 rings (SSSR count). The molecule has 0 unspecified atom stereocenters. The summed E-state index contributed by atoms with van der Waals surface area (Å²) in [6, 6.07) is 0. The van der Waals surface area contributed by atoms with Gasteiger partial charge in [0.05, 0.1) is 0 Å². The number of primary amides is 2. The molecule has 0 radical (unpaired) electrons. The van der Waals surface area contributed by atoms with Gasteiger partial charge < -0.3 is 16.2 Å². The molecule has 0 spiro atoms. The van der Waals surface area contributed by atoms with E-state index >= 15 is 0 Å². The Balaban J connectivity index is 3.01. The second kappa shape index (κ2) is 6.60. The van der Waals surface area contributed by atoms with Gasteiger partial charge in [0, 0.05) is 13.0 Å². The minimum atomic E-state index is -0.482. The fourth-order valence-electron chi connectivity index (χ4n) is 0.676. The summed E-state index contributed by atoms with van der Waals surface area (Å²) < 4.78 is 4.85. The van der Waals surface area contributed by atoms with Crippen LogP contribution in [0.3, 0.4) is 0 Å². The minimum Gasteiger partial charge on any atom is -0.372 e. The Hall–Kier alpha value is -1.10. The van der Waals surface area contributed by atoms with Gasteiger partial charge in [0.25, 0.3) is 0 Å². The third-order valence-electron chi connectivity index (χ3n) is 1.21. The van der Waals surface area contributed by atoms with Gasteiger partial charge in [-0.3, -0.25) is 9.59 Å². The van der Waals surface area contributed by atoms with Crippen LogP contribution >= 0.6 is 0 Å². The van der Waals surface area contributed by atoms with Crippen LogP contribution in [-0.2, 0) is 14.3 Å². The van der Waals surface area contributed by atoms with Gasteiger partial charge in [0.1, 0.15) is 6.61 Å². The predicted molar refractivity (Wildman–Crippen MR) is 43.1 cm³/mol. The van der Waals surface area contributed by atoms with Crippen molar-refractivity contribution in [1.29, 1.82) is 0 Å². The van der Waals surface area contributed by atoms with Crippen molar-refractivity contribution < 1.29 is 14.3 Å². The van der Waals surface area contributed by atoms with Gasteiger partial charge in [-0.15, -0.1) is 0 Å². The Morgan fingerprint density at radius 1 is 1.08 bits per heavy atom. The number of unbranched alkanes of at least 4 members (excludes halogenated alkanes) is 1. The van der Waals surface area contributed by atoms with E-state index in [0.717, 1.165) is 6.42 Å². The first-order valence-electron chi connectivity index (χ1n) is 3.77. The van der Waals surface area contributed by atoms with Crippen molar-refractivity contribution in [2.45, 2.75) is 19.3 Å². The summed E-state index contributed by atoms with van der Waals surface area (Å²) in [4.78, 5) is 20.4. The van der Waals surface area contributed by atoms with E-state index in [0.29, 0.717) is 19.4 Å². The van der Waals surface area contributed by atoms with Gasteiger partial charge in [-0.1, -0.05) is 0 Å². The van der Waals surface area contributed by atoms with Gasteiger partial charge in [0.2, 0.25) is 11.8 Å². The Bertz CT molecular complexity index is 141. The van der Waals surface area contributed by atoms with Crippen LogP contribution in [0.2, 0.25) is 0 Å². The van der Waals surface area contributed by atoms with Gasteiger partial charge in [-0.05, 0) is 12.8 Å². The summed E-state index contributed by atoms with van der Waals surface area (Å²) in [7, 11) is 0. The van der Waals surface area contributed by atoms with E-state index < -0.39 is 5.91 Å². The lowest BCUT2D eigenvalue weighted by molar-refractivity contribution is -0.123. The zero-order chi connectivity index (χ0) is 9.40. The van der Waals surface area contributed by atoms with Crippen LogP contribution in [0.1, 0.15) is 19.3 Å². The first-order valence-corrected chi connectivity index (χ1v) is 3.77. The third-order valence-corrected chi connectivity index (χ3v) is 1.21. The highest BCUT2D eigenvalue weighted by Gasteiger charge is 1.96. The SMILES string of the molecule is NC(=O)CCCCOCC(N)=O. The highest BCUT2D eigenvalue weighted by molar-refractivity contribution is 5.75. The average Bonchev–Trinajstić information content (AvgIpc) is 1.95. The topological polar surface area (TPSA) is 95.4 Å². The van der Waals surface area contributed by atoms with E-state index in [1.165, 1.54) is 0 Å². The minimum absolute atomic E-state index is 0.0590. The van der Waals surface area contributed by atoms with Gasteiger partial charge in [-0.2, -0.15) is 0 Å². The monoisotopic (exact) mass is 174 g/mol. The Morgan fingerprint density at radius 2 is 1.75 bits per heavy atom. The molecular formula is C7H14N2O3. The Labute approximate surface area is 71.0 Å². The Morgan fingerprint density at radius 3 is 2.25 bits per heavy atom. The predicted octanol–water partition coefficient (Wildman–Crippen LogP) is -0.856. The molecule has 0 aromatic heterocycles. The second-order valence-electron chi connectivity index (χ2n) is 2.44. The molecule has 0 aliphatic carbocycles. The molecule has 0 aromatic carbocycles. The van der Waals surface area contributed by atoms with Crippen LogP contribution in [0.15, 0.2) is 0 Å². The van der Waals surface area contributed by atoms with Crippen LogP contribution in [0.5, 0.6) is 0 Å². The number of amides is 2. The van der Waals surface area contributed by atoms with E-state index in [-0.39, 0.29) is 12.5 Å². The van der Waals surface area contributed by atoms with E-state index in [9.17, 15) is 9.59 Å². The van der Waals surface area contributed by atoms with Gasteiger partial charge in [-0.25, -0.2) is 0 Å². The largest absolute Gasteiger partial charge is 0.372 e. The van der Waals surface area contributed by atoms with Crippen LogP contribution in [0, 0.1) is 0 Å². The Kier molecular flexibility index (Phi) is 6.00. The first kappa shape index (κ1) is 10.9. The van der Waals surface area contributed by atoms with Crippen molar-refractivity contribution in [2.24, 2.45) is 11.5 Å². The van der Waals surface area contributed by atoms with Crippen molar-refractivity contribution >= 4 is 11.8 Å². The molecule has 0 saturated heterocycles. The molecule has 4 N–H and O–H groups in total. The van der Waals surface area contributed by atoms with Crippen molar-refractivity contribution in [2.75, 3.05) is 13.2 Å². The fourth-order valence-corrected chi connectivity index (χ4v) is 0.676. The van der Waals surface area contributed by atoms with E-state index in [4.69, 9.17) is 16.2 Å². The number of rotatable bonds is 7. The molecule has 5 heteroatoms. The molecule has 12 heavy (non-hydrogen) atoms. The zero-order valence-electron chi connectivity index (χ0n) is 6.91. The van der Waals surface area contributed by atoms with Crippen molar-refractivity contribution in [1.82, 2.24) is 0 Å². The lowest BCUT2D eigenvalue weighted by atomic mass is 10.2. The molecule has 0 atom stereocenters. The first-order chi connectivity index (χ1) is 5.63. The molecular weight excluding hydrogens is 160 g/mol. The number of carbonyl (C=O) groups is 2. The molecule has 5 nitrogen and oxygen atoms in total. The van der Waals surface area contributed by atoms with Gasteiger partial charge >= 0.3 is 0 Å². The second-order valence-corrected chi connectivity index (χ2v) is 2.44. The number of hydrogen-bond acceptors (Lipinski definition) is 3. The lowest BCUT2D eigenvalue weighted by Gasteiger charge is -1.99. The summed E-state index contributed by atoms with van der Waals surface area (Å²) in [5.74, 6) is -0.796. The zero-order valence-corrected chi connectivity index (χ0v) is 6.91. The summed E-state index contributed by atoms with van der Waals surface area (Å²) in [5, 5.41) is 0. The summed E-state index contributed by atoms with van der Waals surface area (Å²) in [6.45, 7) is 0.382. The van der Waals surface area contributed by atoms with Crippen LogP contribution < -0.4 is 11.5 Å². The molecule has 70 valence electrons. The molecule has 0 aliphatic rings. The maximum atomic E-state index is 10.2. The molecule has 0 aromatic rings. The third kappa shape index (κ3) is 8.90. The highest BCUT2D eigenvalue weighted by Crippen LogP contribution is 1.94. The molecule has 0 fully saturated rings. The molecule has 2 amide bonds. The summed E-state index contributed by atoms with van der Waals surface area (Å²) >= 11 is 0. The molecule has 0 aliphatic heterocycles. The normalized spacial score (nSPS) is 9.67. The quantitative estimate of drug-likeness (QED) is 0.492. The summed E-state index contributed by atoms with van der Waals surface area (Å²) in [5.41, 5.74) is 9.72. The number of hydrogen-bond donors (Lipinski definition) is 2. The van der Waals surface area contributed by atoms with E-state index in [1.807, 2.05) is 0 Å². The van der Waals surface area contributed by atoms with Crippen molar-refractivity contribution in [3.8, 4) is 0 Å². The number of carbonyl (C=O) groups excluding carboxylic acids is 2. The number of ether oxygens (including phenoxy) is 1. The van der Waals surface area contributed by atoms with E-state index in [2.05, 4.69) is 0 Å². The van der Waals surface area contributed by atoms with Crippen molar-refractivity contribution in [3.05, 3.63) is 0 Å². The van der Waals surface area contributed by atoms with Crippen LogP contribution in [0.25, 0.3) is 0 Å². The molecule has 0 heterocycles. The molecule has 0 saturated carbocycles. The van der Waals surface area contributed by atoms with Crippen molar-refractivity contribution in [3.63, 3.8) is 0 Å². The van der Waals surface area contributed by atoms with Crippen LogP contribution in [0.4, 0.5) is 0 Å². The average molecular weight is 174 g/mol. The highest BCUT2D eigenvalue weighted by atomic mass is 16.5. The number of nitrogens with two attached hydrogens (primary N) is 2.